The van der Waals surface area contributed by atoms with Gasteiger partial charge in [0.05, 0.1) is 11.6 Å². The second-order valence-electron chi connectivity index (χ2n) is 4.23. The van der Waals surface area contributed by atoms with Gasteiger partial charge in [0, 0.05) is 29.0 Å². The highest BCUT2D eigenvalue weighted by atomic mass is 35.5. The van der Waals surface area contributed by atoms with Gasteiger partial charge in [-0.25, -0.2) is 0 Å². The summed E-state index contributed by atoms with van der Waals surface area (Å²) in [5.41, 5.74) is 1.26. The Morgan fingerprint density at radius 1 is 1.40 bits per heavy atom. The molecule has 0 aliphatic carbocycles. The molecule has 2 N–H and O–H groups in total. The summed E-state index contributed by atoms with van der Waals surface area (Å²) >= 11 is 11.6. The number of hydrogen-bond acceptors (Lipinski definition) is 4. The number of aromatic hydroxyl groups is 1. The summed E-state index contributed by atoms with van der Waals surface area (Å²) in [5, 5.41) is 13.4. The summed E-state index contributed by atoms with van der Waals surface area (Å²) in [7, 11) is 0. The molecule has 0 amide bonds. The van der Waals surface area contributed by atoms with E-state index in [2.05, 4.69) is 10.3 Å². The normalized spacial score (nSPS) is 11.9. The number of carbonyl (C=O) groups excluding carboxylic acids is 1. The summed E-state index contributed by atoms with van der Waals surface area (Å²) in [4.78, 5) is 15.0. The molecule has 0 fully saturated rings. The average Bonchev–Trinajstić information content (AvgIpc) is 2.33. The van der Waals surface area contributed by atoms with E-state index < -0.39 is 0 Å². The van der Waals surface area contributed by atoms with Gasteiger partial charge in [0.1, 0.15) is 5.75 Å². The van der Waals surface area contributed by atoms with Crippen LogP contribution in [0.2, 0.25) is 10.0 Å². The van der Waals surface area contributed by atoms with E-state index in [9.17, 15) is 9.90 Å². The first-order valence-electron chi connectivity index (χ1n) is 6.00. The van der Waals surface area contributed by atoms with Gasteiger partial charge in [0.25, 0.3) is 0 Å². The maximum Gasteiger partial charge on any atom is 0.154 e. The Morgan fingerprint density at radius 3 is 2.75 bits per heavy atom. The Balaban J connectivity index is 2.52. The zero-order valence-electron chi connectivity index (χ0n) is 11.3. The number of ketones is 1. The van der Waals surface area contributed by atoms with Crippen LogP contribution in [0.1, 0.15) is 19.4 Å². The summed E-state index contributed by atoms with van der Waals surface area (Å²) < 4.78 is 0. The smallest absolute Gasteiger partial charge is 0.154 e. The van der Waals surface area contributed by atoms with Gasteiger partial charge in [-0.2, -0.15) is 0 Å². The highest BCUT2D eigenvalue weighted by molar-refractivity contribution is 6.36. The van der Waals surface area contributed by atoms with Gasteiger partial charge in [0.2, 0.25) is 0 Å². The standard InChI is InChI=1S/C14H16Cl2N2O2/c1-9(5-10(2)19)18-4-3-17-8-11-6-12(15)7-13(16)14(11)20/h5-8,18,20H,3-4H2,1-2H3/b9-5+,17-8?. The Kier molecular flexibility index (Phi) is 6.55. The van der Waals surface area contributed by atoms with Crippen LogP contribution in [0.25, 0.3) is 0 Å². The van der Waals surface area contributed by atoms with E-state index >= 15 is 0 Å². The number of halogens is 2. The number of carbonyl (C=O) groups is 1. The van der Waals surface area contributed by atoms with Gasteiger partial charge >= 0.3 is 0 Å². The Hall–Kier alpha value is -1.52. The van der Waals surface area contributed by atoms with Crippen molar-refractivity contribution in [2.75, 3.05) is 13.1 Å². The number of benzene rings is 1. The molecule has 4 nitrogen and oxygen atoms in total. The van der Waals surface area contributed by atoms with Crippen LogP contribution >= 0.6 is 23.2 Å². The van der Waals surface area contributed by atoms with Crippen molar-refractivity contribution in [3.05, 3.63) is 39.5 Å². The molecule has 0 saturated carbocycles. The summed E-state index contributed by atoms with van der Waals surface area (Å²) in [6.45, 7) is 4.39. The Morgan fingerprint density at radius 2 is 2.10 bits per heavy atom. The van der Waals surface area contributed by atoms with E-state index in [1.165, 1.54) is 25.3 Å². The molecule has 0 spiro atoms. The van der Waals surface area contributed by atoms with Crippen molar-refractivity contribution in [2.24, 2.45) is 4.99 Å². The molecule has 1 aromatic rings. The predicted octanol–water partition coefficient (Wildman–Crippen LogP) is 3.20. The SMILES string of the molecule is CC(=O)/C=C(\C)NCCN=Cc1cc(Cl)cc(Cl)c1O. The van der Waals surface area contributed by atoms with Crippen LogP contribution in [-0.4, -0.2) is 30.2 Å². The first-order valence-corrected chi connectivity index (χ1v) is 6.76. The zero-order valence-corrected chi connectivity index (χ0v) is 12.8. The second-order valence-corrected chi connectivity index (χ2v) is 5.07. The minimum Gasteiger partial charge on any atom is -0.506 e. The van der Waals surface area contributed by atoms with Gasteiger partial charge in [-0.05, 0) is 32.1 Å². The van der Waals surface area contributed by atoms with Crippen molar-refractivity contribution in [3.8, 4) is 5.75 Å². The van der Waals surface area contributed by atoms with Gasteiger partial charge in [-0.3, -0.25) is 9.79 Å². The fourth-order valence-corrected chi connectivity index (χ4v) is 2.03. The lowest BCUT2D eigenvalue weighted by Crippen LogP contribution is -2.16. The van der Waals surface area contributed by atoms with E-state index in [1.807, 2.05) is 6.92 Å². The van der Waals surface area contributed by atoms with Gasteiger partial charge in [0.15, 0.2) is 5.78 Å². The van der Waals surface area contributed by atoms with Crippen LogP contribution in [0, 0.1) is 0 Å². The third kappa shape index (κ3) is 5.63. The van der Waals surface area contributed by atoms with Gasteiger partial charge < -0.3 is 10.4 Å². The van der Waals surface area contributed by atoms with Crippen LogP contribution in [0.15, 0.2) is 28.9 Å². The zero-order chi connectivity index (χ0) is 15.1. The van der Waals surface area contributed by atoms with E-state index in [-0.39, 0.29) is 16.6 Å². The number of hydrogen-bond donors (Lipinski definition) is 2. The largest absolute Gasteiger partial charge is 0.506 e. The molecule has 0 bridgehead atoms. The van der Waals surface area contributed by atoms with E-state index in [0.717, 1.165) is 5.70 Å². The summed E-state index contributed by atoms with van der Waals surface area (Å²) in [6, 6.07) is 3.05. The van der Waals surface area contributed by atoms with Crippen LogP contribution < -0.4 is 5.32 Å². The highest BCUT2D eigenvalue weighted by Gasteiger charge is 2.05. The van der Waals surface area contributed by atoms with Crippen molar-refractivity contribution in [2.45, 2.75) is 13.8 Å². The van der Waals surface area contributed by atoms with Crippen molar-refractivity contribution < 1.29 is 9.90 Å². The first-order chi connectivity index (χ1) is 9.40. The lowest BCUT2D eigenvalue weighted by Gasteiger charge is -2.04. The lowest BCUT2D eigenvalue weighted by molar-refractivity contribution is -0.112. The topological polar surface area (TPSA) is 61.7 Å². The van der Waals surface area contributed by atoms with E-state index in [4.69, 9.17) is 23.2 Å². The minimum atomic E-state index is -0.0413. The molecular weight excluding hydrogens is 299 g/mol. The minimum absolute atomic E-state index is 0.00278. The quantitative estimate of drug-likeness (QED) is 0.481. The van der Waals surface area contributed by atoms with Gasteiger partial charge in [-0.1, -0.05) is 23.2 Å². The third-order valence-corrected chi connectivity index (χ3v) is 2.86. The molecule has 0 heterocycles. The molecule has 20 heavy (non-hydrogen) atoms. The molecule has 6 heteroatoms. The molecule has 0 radical (unpaired) electrons. The van der Waals surface area contributed by atoms with E-state index in [0.29, 0.717) is 23.7 Å². The van der Waals surface area contributed by atoms with Crippen LogP contribution in [-0.2, 0) is 4.79 Å². The second kappa shape index (κ2) is 7.92. The van der Waals surface area contributed by atoms with Crippen molar-refractivity contribution in [1.82, 2.24) is 5.32 Å². The Bertz CT molecular complexity index is 554. The maximum atomic E-state index is 10.8. The average molecular weight is 315 g/mol. The van der Waals surface area contributed by atoms with Crippen LogP contribution in [0.3, 0.4) is 0 Å². The Labute approximate surface area is 128 Å². The molecule has 0 aliphatic heterocycles. The van der Waals surface area contributed by atoms with Crippen molar-refractivity contribution in [3.63, 3.8) is 0 Å². The predicted molar refractivity (Wildman–Crippen MR) is 83.0 cm³/mol. The molecule has 0 atom stereocenters. The number of allylic oxidation sites excluding steroid dienone is 2. The monoisotopic (exact) mass is 314 g/mol. The number of aliphatic imine (C=N–C) groups is 1. The lowest BCUT2D eigenvalue weighted by atomic mass is 10.2. The van der Waals surface area contributed by atoms with Crippen LogP contribution in [0.4, 0.5) is 0 Å². The highest BCUT2D eigenvalue weighted by Crippen LogP contribution is 2.29. The summed E-state index contributed by atoms with van der Waals surface area (Å²) in [5.74, 6) is -0.0441. The number of nitrogens with one attached hydrogen (secondary N) is 1. The fraction of sp³-hybridized carbons (Fsp3) is 0.286. The molecular formula is C14H16Cl2N2O2. The van der Waals surface area contributed by atoms with Crippen molar-refractivity contribution in [1.29, 1.82) is 0 Å². The van der Waals surface area contributed by atoms with E-state index in [1.54, 1.807) is 6.07 Å². The molecule has 0 aromatic heterocycles. The van der Waals surface area contributed by atoms with Gasteiger partial charge in [-0.15, -0.1) is 0 Å². The maximum absolute atomic E-state index is 10.8. The first kappa shape index (κ1) is 16.5. The van der Waals surface area contributed by atoms with Crippen LogP contribution in [0.5, 0.6) is 5.75 Å². The number of nitrogens with zero attached hydrogens (tertiary/aromatic N) is 1. The molecule has 1 rings (SSSR count). The number of phenolic OH excluding ortho intramolecular Hbond substituents is 1. The molecule has 0 unspecified atom stereocenters. The molecule has 1 aromatic carbocycles. The molecule has 108 valence electrons. The fourth-order valence-electron chi connectivity index (χ4n) is 1.52. The molecule has 0 saturated heterocycles. The summed E-state index contributed by atoms with van der Waals surface area (Å²) in [6.07, 6.45) is 3.03. The molecule has 0 aliphatic rings. The number of rotatable bonds is 6. The number of phenols is 1. The van der Waals surface area contributed by atoms with Crippen molar-refractivity contribution >= 4 is 35.2 Å². The third-order valence-electron chi connectivity index (χ3n) is 2.35.